The zero-order valence-corrected chi connectivity index (χ0v) is 11.0. The van der Waals surface area contributed by atoms with E-state index in [9.17, 15) is 13.3 Å². The van der Waals surface area contributed by atoms with Gasteiger partial charge in [-0.25, -0.2) is 4.57 Å². The number of nitrogens with two attached hydrogens (primary N) is 1. The summed E-state index contributed by atoms with van der Waals surface area (Å²) in [5.74, 6) is -0.0519. The lowest BCUT2D eigenvalue weighted by atomic mass is 10.2. The molecule has 3 N–H and O–H groups in total. The third kappa shape index (κ3) is 3.38. The number of rotatable bonds is 4. The molecule has 16 heavy (non-hydrogen) atoms. The molecule has 4 nitrogen and oxygen atoms in total. The quantitative estimate of drug-likeness (QED) is 0.637. The minimum absolute atomic E-state index is 0.0519. The van der Waals surface area contributed by atoms with Crippen LogP contribution in [0.2, 0.25) is 0 Å². The molecular weight excluding hydrogens is 354 g/mol. The molecule has 0 amide bonds. The van der Waals surface area contributed by atoms with Gasteiger partial charge >= 0.3 is 13.8 Å². The second-order valence-corrected chi connectivity index (χ2v) is 5.77. The molecule has 1 atom stereocenters. The number of benzene rings is 1. The molecule has 0 aliphatic carbocycles. The van der Waals surface area contributed by atoms with Crippen molar-refractivity contribution in [3.05, 3.63) is 27.3 Å². The molecular formula is C8H9F2INO3P. The topological polar surface area (TPSA) is 72.5 Å². The molecule has 8 heteroatoms. The van der Waals surface area contributed by atoms with Crippen molar-refractivity contribution >= 4 is 30.2 Å². The van der Waals surface area contributed by atoms with Gasteiger partial charge in [-0.05, 0) is 40.3 Å². The first-order valence-electron chi connectivity index (χ1n) is 4.15. The van der Waals surface area contributed by atoms with Crippen molar-refractivity contribution in [3.8, 4) is 5.75 Å². The summed E-state index contributed by atoms with van der Waals surface area (Å²) in [5.41, 5.74) is 6.16. The highest BCUT2D eigenvalue weighted by Crippen LogP contribution is 2.49. The van der Waals surface area contributed by atoms with Crippen LogP contribution in [-0.4, -0.2) is 11.1 Å². The Morgan fingerprint density at radius 2 is 2.19 bits per heavy atom. The van der Waals surface area contributed by atoms with Gasteiger partial charge < -0.3 is 15.2 Å². The molecule has 1 aromatic carbocycles. The highest BCUT2D eigenvalue weighted by Gasteiger charge is 2.34. The standard InChI is InChI=1S/C8H9F2INO3P/c9-8(10)16(13,14)15-7-2-1-5(4-12)3-6(7)11/h1-3,8H,4,12H2,(H,13,14). The van der Waals surface area contributed by atoms with Gasteiger partial charge in [-0.1, -0.05) is 6.07 Å². The Labute approximate surface area is 104 Å². The van der Waals surface area contributed by atoms with Crippen LogP contribution in [-0.2, 0) is 11.1 Å². The van der Waals surface area contributed by atoms with Crippen LogP contribution in [0.3, 0.4) is 0 Å². The van der Waals surface area contributed by atoms with Gasteiger partial charge in [-0.15, -0.1) is 0 Å². The molecule has 1 rings (SSSR count). The predicted octanol–water partition coefficient (Wildman–Crippen LogP) is 2.54. The number of halogens is 3. The van der Waals surface area contributed by atoms with Crippen molar-refractivity contribution < 1.29 is 22.8 Å². The molecule has 0 saturated carbocycles. The van der Waals surface area contributed by atoms with Crippen LogP contribution in [0.4, 0.5) is 8.78 Å². The van der Waals surface area contributed by atoms with Crippen LogP contribution in [0.15, 0.2) is 18.2 Å². The van der Waals surface area contributed by atoms with E-state index in [2.05, 4.69) is 4.52 Å². The van der Waals surface area contributed by atoms with E-state index < -0.39 is 13.8 Å². The maximum absolute atomic E-state index is 12.1. The summed E-state index contributed by atoms with van der Waals surface area (Å²) in [6.45, 7) is 0.294. The Bertz CT molecular complexity index is 430. The van der Waals surface area contributed by atoms with E-state index in [0.29, 0.717) is 10.1 Å². The van der Waals surface area contributed by atoms with Crippen LogP contribution in [0.1, 0.15) is 5.56 Å². The zero-order chi connectivity index (χ0) is 12.3. The Morgan fingerprint density at radius 1 is 1.56 bits per heavy atom. The van der Waals surface area contributed by atoms with E-state index in [-0.39, 0.29) is 5.75 Å². The number of hydrogen-bond donors (Lipinski definition) is 2. The fraction of sp³-hybridized carbons (Fsp3) is 0.250. The molecule has 0 radical (unpaired) electrons. The van der Waals surface area contributed by atoms with Gasteiger partial charge in [0.15, 0.2) is 0 Å². The second kappa shape index (κ2) is 5.39. The summed E-state index contributed by atoms with van der Waals surface area (Å²) in [6, 6.07) is 4.49. The maximum Gasteiger partial charge on any atom is 0.442 e. The van der Waals surface area contributed by atoms with Gasteiger partial charge in [0.1, 0.15) is 5.75 Å². The van der Waals surface area contributed by atoms with Gasteiger partial charge in [0, 0.05) is 6.54 Å². The minimum Gasteiger partial charge on any atom is -0.420 e. The Kier molecular flexibility index (Phi) is 4.66. The molecule has 0 aromatic heterocycles. The normalized spacial score (nSPS) is 14.9. The molecule has 0 aliphatic rings. The Balaban J connectivity index is 2.95. The molecule has 90 valence electrons. The van der Waals surface area contributed by atoms with E-state index in [0.717, 1.165) is 5.56 Å². The van der Waals surface area contributed by atoms with Crippen LogP contribution in [0.25, 0.3) is 0 Å². The molecule has 1 aromatic rings. The van der Waals surface area contributed by atoms with Gasteiger partial charge in [0.25, 0.3) is 0 Å². The lowest BCUT2D eigenvalue weighted by molar-refractivity contribution is 0.188. The van der Waals surface area contributed by atoms with Crippen molar-refractivity contribution in [1.82, 2.24) is 0 Å². The fourth-order valence-electron chi connectivity index (χ4n) is 0.926. The van der Waals surface area contributed by atoms with E-state index in [4.69, 9.17) is 10.6 Å². The molecule has 0 heterocycles. The van der Waals surface area contributed by atoms with Gasteiger partial charge in [-0.3, -0.25) is 0 Å². The molecule has 0 bridgehead atoms. The van der Waals surface area contributed by atoms with Crippen molar-refractivity contribution in [2.45, 2.75) is 12.7 Å². The molecule has 0 aliphatic heterocycles. The molecule has 1 unspecified atom stereocenters. The first-order chi connectivity index (χ1) is 7.36. The Morgan fingerprint density at radius 3 is 2.62 bits per heavy atom. The van der Waals surface area contributed by atoms with Crippen LogP contribution < -0.4 is 10.3 Å². The first-order valence-corrected chi connectivity index (χ1v) is 6.88. The smallest absolute Gasteiger partial charge is 0.420 e. The number of alkyl halides is 2. The van der Waals surface area contributed by atoms with E-state index in [1.165, 1.54) is 6.07 Å². The zero-order valence-electron chi connectivity index (χ0n) is 7.94. The number of hydrogen-bond acceptors (Lipinski definition) is 3. The average Bonchev–Trinajstić information content (AvgIpc) is 2.20. The molecule has 0 spiro atoms. The summed E-state index contributed by atoms with van der Waals surface area (Å²) in [5, 5.41) is 0. The predicted molar refractivity (Wildman–Crippen MR) is 63.5 cm³/mol. The summed E-state index contributed by atoms with van der Waals surface area (Å²) in [4.78, 5) is 8.85. The largest absolute Gasteiger partial charge is 0.442 e. The SMILES string of the molecule is NCc1ccc(OP(=O)(O)C(F)F)c(I)c1. The maximum atomic E-state index is 12.1. The molecule has 0 fully saturated rings. The van der Waals surface area contributed by atoms with E-state index in [1.54, 1.807) is 12.1 Å². The summed E-state index contributed by atoms with van der Waals surface area (Å²) < 4.78 is 40.0. The van der Waals surface area contributed by atoms with Gasteiger partial charge in [0.2, 0.25) is 0 Å². The van der Waals surface area contributed by atoms with Crippen molar-refractivity contribution in [1.29, 1.82) is 0 Å². The lowest BCUT2D eigenvalue weighted by Gasteiger charge is -2.13. The van der Waals surface area contributed by atoms with Crippen LogP contribution >= 0.6 is 30.2 Å². The van der Waals surface area contributed by atoms with Crippen LogP contribution in [0, 0.1) is 3.57 Å². The highest BCUT2D eigenvalue weighted by atomic mass is 127. The van der Waals surface area contributed by atoms with Crippen molar-refractivity contribution in [2.75, 3.05) is 0 Å². The van der Waals surface area contributed by atoms with E-state index >= 15 is 0 Å². The monoisotopic (exact) mass is 363 g/mol. The molecule has 0 saturated heterocycles. The van der Waals surface area contributed by atoms with Gasteiger partial charge in [-0.2, -0.15) is 8.78 Å². The summed E-state index contributed by atoms with van der Waals surface area (Å²) in [7, 11) is -4.91. The average molecular weight is 363 g/mol. The van der Waals surface area contributed by atoms with Gasteiger partial charge in [0.05, 0.1) is 3.57 Å². The Hall–Kier alpha value is -0.240. The lowest BCUT2D eigenvalue weighted by Crippen LogP contribution is -2.03. The highest BCUT2D eigenvalue weighted by molar-refractivity contribution is 14.1. The van der Waals surface area contributed by atoms with Crippen molar-refractivity contribution in [2.24, 2.45) is 5.73 Å². The van der Waals surface area contributed by atoms with Crippen molar-refractivity contribution in [3.63, 3.8) is 0 Å². The fourth-order valence-corrected chi connectivity index (χ4v) is 2.31. The first kappa shape index (κ1) is 13.8. The minimum atomic E-state index is -4.91. The summed E-state index contributed by atoms with van der Waals surface area (Å²) >= 11 is 1.82. The summed E-state index contributed by atoms with van der Waals surface area (Å²) in [6.07, 6.45) is -3.42. The third-order valence-electron chi connectivity index (χ3n) is 1.71. The third-order valence-corrected chi connectivity index (χ3v) is 3.50. The second-order valence-electron chi connectivity index (χ2n) is 2.90. The van der Waals surface area contributed by atoms with Crippen LogP contribution in [0.5, 0.6) is 5.75 Å². The van der Waals surface area contributed by atoms with E-state index in [1.807, 2.05) is 22.6 Å².